The number of hydrogen-bond acceptors (Lipinski definition) is 3. The Balaban J connectivity index is 3.55. The number of Topliss-reactive ketones (excluding diaryl/α,β-unsaturated/α-hetero) is 1. The van der Waals surface area contributed by atoms with Crippen LogP contribution in [0.3, 0.4) is 0 Å². The molecule has 0 bridgehead atoms. The second-order valence-corrected chi connectivity index (χ2v) is 5.46. The standard InChI is InChI=1S/C15H23NO2/c1-6-10-7-11(13(17)9-16)14(18-5)12(8-10)15(2,3)4/h7-8H,6,9,16H2,1-5H3. The summed E-state index contributed by atoms with van der Waals surface area (Å²) < 4.78 is 5.45. The highest BCUT2D eigenvalue weighted by Gasteiger charge is 2.24. The molecule has 0 saturated heterocycles. The molecule has 0 fully saturated rings. The lowest BCUT2D eigenvalue weighted by atomic mass is 9.83. The van der Waals surface area contributed by atoms with Crippen LogP contribution in [-0.4, -0.2) is 19.4 Å². The van der Waals surface area contributed by atoms with Crippen molar-refractivity contribution in [1.82, 2.24) is 0 Å². The van der Waals surface area contributed by atoms with E-state index in [9.17, 15) is 4.79 Å². The van der Waals surface area contributed by atoms with Gasteiger partial charge in [0.25, 0.3) is 0 Å². The Kier molecular flexibility index (Phi) is 4.52. The number of benzene rings is 1. The molecule has 0 aromatic heterocycles. The number of carbonyl (C=O) groups excluding carboxylic acids is 1. The van der Waals surface area contributed by atoms with Gasteiger partial charge in [-0.25, -0.2) is 0 Å². The number of nitrogens with two attached hydrogens (primary N) is 1. The quantitative estimate of drug-likeness (QED) is 0.835. The number of aryl methyl sites for hydroxylation is 1. The molecule has 3 nitrogen and oxygen atoms in total. The molecule has 0 unspecified atom stereocenters. The van der Waals surface area contributed by atoms with E-state index in [0.717, 1.165) is 17.5 Å². The molecule has 0 amide bonds. The molecular formula is C15H23NO2. The van der Waals surface area contributed by atoms with Crippen molar-refractivity contribution in [2.75, 3.05) is 13.7 Å². The Morgan fingerprint density at radius 1 is 1.33 bits per heavy atom. The predicted octanol–water partition coefficient (Wildman–Crippen LogP) is 2.70. The van der Waals surface area contributed by atoms with Gasteiger partial charge in [0.05, 0.1) is 19.2 Å². The lowest BCUT2D eigenvalue weighted by molar-refractivity contribution is 0.0998. The van der Waals surface area contributed by atoms with Crippen LogP contribution >= 0.6 is 0 Å². The van der Waals surface area contributed by atoms with Gasteiger partial charge in [-0.05, 0) is 23.5 Å². The molecular weight excluding hydrogens is 226 g/mol. The fraction of sp³-hybridized carbons (Fsp3) is 0.533. The van der Waals surface area contributed by atoms with Gasteiger partial charge in [0.1, 0.15) is 5.75 Å². The van der Waals surface area contributed by atoms with E-state index in [-0.39, 0.29) is 17.7 Å². The summed E-state index contributed by atoms with van der Waals surface area (Å²) in [5.74, 6) is 0.586. The summed E-state index contributed by atoms with van der Waals surface area (Å²) >= 11 is 0. The number of ketones is 1. The minimum atomic E-state index is -0.0763. The smallest absolute Gasteiger partial charge is 0.180 e. The first-order valence-corrected chi connectivity index (χ1v) is 6.29. The molecule has 0 aliphatic rings. The van der Waals surface area contributed by atoms with Crippen LogP contribution in [0.25, 0.3) is 0 Å². The molecule has 1 aromatic rings. The molecule has 0 aliphatic heterocycles. The SMILES string of the molecule is CCc1cc(C(=O)CN)c(OC)c(C(C)(C)C)c1. The van der Waals surface area contributed by atoms with Gasteiger partial charge in [-0.15, -0.1) is 0 Å². The van der Waals surface area contributed by atoms with Crippen LogP contribution < -0.4 is 10.5 Å². The highest BCUT2D eigenvalue weighted by atomic mass is 16.5. The minimum Gasteiger partial charge on any atom is -0.496 e. The van der Waals surface area contributed by atoms with E-state index >= 15 is 0 Å². The summed E-state index contributed by atoms with van der Waals surface area (Å²) in [6.07, 6.45) is 0.887. The molecule has 100 valence electrons. The number of carbonyl (C=O) groups is 1. The zero-order valence-corrected chi connectivity index (χ0v) is 12.0. The molecule has 18 heavy (non-hydrogen) atoms. The van der Waals surface area contributed by atoms with Crippen LogP contribution in [0.4, 0.5) is 0 Å². The third kappa shape index (κ3) is 2.91. The van der Waals surface area contributed by atoms with E-state index in [2.05, 4.69) is 33.8 Å². The zero-order valence-electron chi connectivity index (χ0n) is 12.0. The van der Waals surface area contributed by atoms with Crippen LogP contribution in [-0.2, 0) is 11.8 Å². The molecule has 1 aromatic carbocycles. The Labute approximate surface area is 109 Å². The van der Waals surface area contributed by atoms with Gasteiger partial charge in [-0.3, -0.25) is 4.79 Å². The van der Waals surface area contributed by atoms with Gasteiger partial charge in [-0.2, -0.15) is 0 Å². The molecule has 2 N–H and O–H groups in total. The summed E-state index contributed by atoms with van der Waals surface area (Å²) in [6.45, 7) is 8.42. The highest BCUT2D eigenvalue weighted by Crippen LogP contribution is 2.35. The van der Waals surface area contributed by atoms with Crippen molar-refractivity contribution in [3.8, 4) is 5.75 Å². The molecule has 1 rings (SSSR count). The molecule has 0 aliphatic carbocycles. The first-order valence-electron chi connectivity index (χ1n) is 6.29. The van der Waals surface area contributed by atoms with E-state index in [0.29, 0.717) is 11.3 Å². The van der Waals surface area contributed by atoms with Crippen LogP contribution in [0, 0.1) is 0 Å². The van der Waals surface area contributed by atoms with Gasteiger partial charge >= 0.3 is 0 Å². The fourth-order valence-electron chi connectivity index (χ4n) is 1.99. The normalized spacial score (nSPS) is 11.4. The van der Waals surface area contributed by atoms with Crippen LogP contribution in [0.15, 0.2) is 12.1 Å². The number of methoxy groups -OCH3 is 1. The lowest BCUT2D eigenvalue weighted by Crippen LogP contribution is -2.19. The predicted molar refractivity (Wildman–Crippen MR) is 74.5 cm³/mol. The maximum atomic E-state index is 11.9. The molecule has 3 heteroatoms. The second kappa shape index (κ2) is 5.53. The van der Waals surface area contributed by atoms with Gasteiger partial charge < -0.3 is 10.5 Å². The Morgan fingerprint density at radius 3 is 2.33 bits per heavy atom. The van der Waals surface area contributed by atoms with E-state index in [4.69, 9.17) is 10.5 Å². The molecule has 0 heterocycles. The van der Waals surface area contributed by atoms with Crippen molar-refractivity contribution in [2.24, 2.45) is 5.73 Å². The lowest BCUT2D eigenvalue weighted by Gasteiger charge is -2.24. The molecule has 0 spiro atoms. The largest absolute Gasteiger partial charge is 0.496 e. The third-order valence-electron chi connectivity index (χ3n) is 3.05. The van der Waals surface area contributed by atoms with E-state index in [1.54, 1.807) is 7.11 Å². The van der Waals surface area contributed by atoms with Gasteiger partial charge in [0.15, 0.2) is 5.78 Å². The number of ether oxygens (including phenoxy) is 1. The Hall–Kier alpha value is -1.35. The van der Waals surface area contributed by atoms with Crippen LogP contribution in [0.5, 0.6) is 5.75 Å². The summed E-state index contributed by atoms with van der Waals surface area (Å²) in [5.41, 5.74) is 8.20. The van der Waals surface area contributed by atoms with Crippen molar-refractivity contribution in [1.29, 1.82) is 0 Å². The van der Waals surface area contributed by atoms with Crippen molar-refractivity contribution in [3.63, 3.8) is 0 Å². The monoisotopic (exact) mass is 249 g/mol. The van der Waals surface area contributed by atoms with Crippen LogP contribution in [0.1, 0.15) is 49.2 Å². The Bertz CT molecular complexity index is 445. The van der Waals surface area contributed by atoms with Crippen molar-refractivity contribution < 1.29 is 9.53 Å². The number of hydrogen-bond donors (Lipinski definition) is 1. The first-order chi connectivity index (χ1) is 8.35. The Morgan fingerprint density at radius 2 is 1.94 bits per heavy atom. The fourth-order valence-corrected chi connectivity index (χ4v) is 1.99. The summed E-state index contributed by atoms with van der Waals surface area (Å²) in [5, 5.41) is 0. The van der Waals surface area contributed by atoms with Gasteiger partial charge in [0.2, 0.25) is 0 Å². The van der Waals surface area contributed by atoms with Crippen molar-refractivity contribution in [2.45, 2.75) is 39.5 Å². The maximum absolute atomic E-state index is 11.9. The average Bonchev–Trinajstić information content (AvgIpc) is 2.34. The summed E-state index contributed by atoms with van der Waals surface area (Å²) in [4.78, 5) is 11.9. The third-order valence-corrected chi connectivity index (χ3v) is 3.05. The minimum absolute atomic E-state index is 0.00705. The van der Waals surface area contributed by atoms with Crippen molar-refractivity contribution in [3.05, 3.63) is 28.8 Å². The highest BCUT2D eigenvalue weighted by molar-refractivity contribution is 6.00. The summed E-state index contributed by atoms with van der Waals surface area (Å²) in [6, 6.07) is 4.01. The van der Waals surface area contributed by atoms with Gasteiger partial charge in [0, 0.05) is 5.56 Å². The maximum Gasteiger partial charge on any atom is 0.180 e. The molecule has 0 atom stereocenters. The van der Waals surface area contributed by atoms with E-state index in [1.807, 2.05) is 6.07 Å². The average molecular weight is 249 g/mol. The molecule has 0 saturated carbocycles. The number of rotatable bonds is 4. The first kappa shape index (κ1) is 14.7. The van der Waals surface area contributed by atoms with Crippen molar-refractivity contribution >= 4 is 5.78 Å². The zero-order chi connectivity index (χ0) is 13.9. The summed E-state index contributed by atoms with van der Waals surface area (Å²) in [7, 11) is 1.60. The molecule has 0 radical (unpaired) electrons. The van der Waals surface area contributed by atoms with Crippen LogP contribution in [0.2, 0.25) is 0 Å². The second-order valence-electron chi connectivity index (χ2n) is 5.46. The van der Waals surface area contributed by atoms with E-state index in [1.165, 1.54) is 0 Å². The topological polar surface area (TPSA) is 52.3 Å². The van der Waals surface area contributed by atoms with Gasteiger partial charge in [-0.1, -0.05) is 33.8 Å². The van der Waals surface area contributed by atoms with E-state index < -0.39 is 0 Å².